The average molecular weight is 208 g/mol. The molecule has 0 aliphatic heterocycles. The Labute approximate surface area is 85.1 Å². The van der Waals surface area contributed by atoms with E-state index < -0.39 is 0 Å². The van der Waals surface area contributed by atoms with E-state index in [0.717, 1.165) is 5.69 Å². The molecule has 0 saturated carbocycles. The van der Waals surface area contributed by atoms with E-state index in [0.29, 0.717) is 17.0 Å². The lowest BCUT2D eigenvalue weighted by atomic mass is 10.3. The Morgan fingerprint density at radius 3 is 2.71 bits per heavy atom. The highest BCUT2D eigenvalue weighted by molar-refractivity contribution is 6.30. The molecule has 0 aliphatic rings. The van der Waals surface area contributed by atoms with Gasteiger partial charge in [-0.3, -0.25) is 9.78 Å². The molecule has 0 N–H and O–H groups in total. The molecule has 0 radical (unpaired) electrons. The second-order valence-corrected chi connectivity index (χ2v) is 3.10. The van der Waals surface area contributed by atoms with Crippen molar-refractivity contribution in [1.82, 2.24) is 14.8 Å². The van der Waals surface area contributed by atoms with Gasteiger partial charge in [-0.15, -0.1) is 0 Å². The van der Waals surface area contributed by atoms with Crippen molar-refractivity contribution in [3.63, 3.8) is 0 Å². The summed E-state index contributed by atoms with van der Waals surface area (Å²) >= 11 is 5.71. The zero-order chi connectivity index (χ0) is 9.97. The van der Waals surface area contributed by atoms with Gasteiger partial charge >= 0.3 is 0 Å². The molecule has 0 unspecified atom stereocenters. The number of pyridine rings is 1. The maximum atomic E-state index is 10.4. The van der Waals surface area contributed by atoms with Crippen LogP contribution in [0, 0.1) is 0 Å². The summed E-state index contributed by atoms with van der Waals surface area (Å²) in [6.07, 6.45) is 5.46. The summed E-state index contributed by atoms with van der Waals surface area (Å²) < 4.78 is 1.59. The molecular formula is C9H6ClN3O. The normalized spacial score (nSPS) is 10.1. The summed E-state index contributed by atoms with van der Waals surface area (Å²) in [5, 5.41) is 4.56. The fourth-order valence-electron chi connectivity index (χ4n) is 1.04. The number of carbonyl (C=O) groups is 1. The van der Waals surface area contributed by atoms with Gasteiger partial charge < -0.3 is 0 Å². The molecule has 0 atom stereocenters. The third-order valence-electron chi connectivity index (χ3n) is 1.71. The standard InChI is InChI=1S/C9H6ClN3O/c10-7-3-12-13(5-7)9-2-1-8(6-14)11-4-9/h1-6H. The van der Waals surface area contributed by atoms with E-state index in [-0.39, 0.29) is 0 Å². The fourth-order valence-corrected chi connectivity index (χ4v) is 1.18. The van der Waals surface area contributed by atoms with E-state index in [2.05, 4.69) is 10.1 Å². The number of hydrogen-bond donors (Lipinski definition) is 0. The van der Waals surface area contributed by atoms with Crippen LogP contribution in [0.3, 0.4) is 0 Å². The Bertz CT molecular complexity index is 449. The van der Waals surface area contributed by atoms with Crippen molar-refractivity contribution in [2.75, 3.05) is 0 Å². The lowest BCUT2D eigenvalue weighted by molar-refractivity contribution is 0.111. The first-order chi connectivity index (χ1) is 6.79. The lowest BCUT2D eigenvalue weighted by Gasteiger charge is -1.99. The Morgan fingerprint density at radius 1 is 1.36 bits per heavy atom. The number of hydrogen-bond acceptors (Lipinski definition) is 3. The molecule has 0 aromatic carbocycles. The predicted octanol–water partition coefficient (Wildman–Crippen LogP) is 1.73. The lowest BCUT2D eigenvalue weighted by Crippen LogP contribution is -1.96. The molecule has 70 valence electrons. The molecule has 2 heterocycles. The molecular weight excluding hydrogens is 202 g/mol. The van der Waals surface area contributed by atoms with Gasteiger partial charge in [0.1, 0.15) is 5.69 Å². The summed E-state index contributed by atoms with van der Waals surface area (Å²) in [6, 6.07) is 3.37. The molecule has 0 aliphatic carbocycles. The highest BCUT2D eigenvalue weighted by Gasteiger charge is 1.99. The first-order valence-electron chi connectivity index (χ1n) is 3.91. The summed E-state index contributed by atoms with van der Waals surface area (Å²) in [7, 11) is 0. The van der Waals surface area contributed by atoms with Crippen molar-refractivity contribution in [2.24, 2.45) is 0 Å². The van der Waals surface area contributed by atoms with Gasteiger partial charge in [-0.1, -0.05) is 11.6 Å². The monoisotopic (exact) mass is 207 g/mol. The molecule has 4 nitrogen and oxygen atoms in total. The van der Waals surface area contributed by atoms with E-state index in [1.165, 1.54) is 6.20 Å². The maximum absolute atomic E-state index is 10.4. The Kier molecular flexibility index (Phi) is 2.28. The van der Waals surface area contributed by atoms with Gasteiger partial charge in [0.15, 0.2) is 6.29 Å². The van der Waals surface area contributed by atoms with Gasteiger partial charge in [-0.2, -0.15) is 5.10 Å². The third kappa shape index (κ3) is 1.65. The van der Waals surface area contributed by atoms with Crippen LogP contribution in [0.15, 0.2) is 30.7 Å². The number of nitrogens with zero attached hydrogens (tertiary/aromatic N) is 3. The summed E-state index contributed by atoms with van der Waals surface area (Å²) in [6.45, 7) is 0. The van der Waals surface area contributed by atoms with Crippen LogP contribution < -0.4 is 0 Å². The van der Waals surface area contributed by atoms with Gasteiger partial charge in [0, 0.05) is 6.20 Å². The van der Waals surface area contributed by atoms with Crippen molar-refractivity contribution in [3.05, 3.63) is 41.4 Å². The Balaban J connectivity index is 2.38. The highest BCUT2D eigenvalue weighted by atomic mass is 35.5. The fraction of sp³-hybridized carbons (Fsp3) is 0. The van der Waals surface area contributed by atoms with Crippen LogP contribution in [-0.4, -0.2) is 21.1 Å². The number of rotatable bonds is 2. The van der Waals surface area contributed by atoms with Crippen molar-refractivity contribution in [3.8, 4) is 5.69 Å². The molecule has 0 fully saturated rings. The van der Waals surface area contributed by atoms with Gasteiger partial charge in [-0.25, -0.2) is 4.68 Å². The van der Waals surface area contributed by atoms with E-state index in [1.807, 2.05) is 0 Å². The van der Waals surface area contributed by atoms with Crippen LogP contribution in [0.4, 0.5) is 0 Å². The summed E-state index contributed by atoms with van der Waals surface area (Å²) in [4.78, 5) is 14.3. The molecule has 5 heteroatoms. The van der Waals surface area contributed by atoms with E-state index in [1.54, 1.807) is 29.2 Å². The first kappa shape index (κ1) is 8.90. The van der Waals surface area contributed by atoms with Crippen LogP contribution in [0.25, 0.3) is 5.69 Å². The molecule has 0 bridgehead atoms. The van der Waals surface area contributed by atoms with Crippen molar-refractivity contribution < 1.29 is 4.79 Å². The maximum Gasteiger partial charge on any atom is 0.168 e. The average Bonchev–Trinajstić information content (AvgIpc) is 2.65. The third-order valence-corrected chi connectivity index (χ3v) is 1.90. The topological polar surface area (TPSA) is 47.8 Å². The molecule has 2 aromatic rings. The number of aldehydes is 1. The minimum atomic E-state index is 0.395. The Morgan fingerprint density at radius 2 is 2.21 bits per heavy atom. The van der Waals surface area contributed by atoms with Gasteiger partial charge in [-0.05, 0) is 12.1 Å². The second kappa shape index (κ2) is 3.59. The highest BCUT2D eigenvalue weighted by Crippen LogP contribution is 2.10. The zero-order valence-corrected chi connectivity index (χ0v) is 7.85. The van der Waals surface area contributed by atoms with E-state index in [9.17, 15) is 4.79 Å². The number of aromatic nitrogens is 3. The summed E-state index contributed by atoms with van der Waals surface area (Å²) in [5.74, 6) is 0. The molecule has 2 aromatic heterocycles. The zero-order valence-electron chi connectivity index (χ0n) is 7.09. The quantitative estimate of drug-likeness (QED) is 0.705. The van der Waals surface area contributed by atoms with Crippen LogP contribution in [-0.2, 0) is 0 Å². The van der Waals surface area contributed by atoms with Crippen LogP contribution >= 0.6 is 11.6 Å². The van der Waals surface area contributed by atoms with Crippen molar-refractivity contribution >= 4 is 17.9 Å². The predicted molar refractivity (Wildman–Crippen MR) is 51.8 cm³/mol. The van der Waals surface area contributed by atoms with E-state index >= 15 is 0 Å². The Hall–Kier alpha value is -1.68. The molecule has 0 spiro atoms. The molecule has 14 heavy (non-hydrogen) atoms. The molecule has 2 rings (SSSR count). The minimum Gasteiger partial charge on any atom is -0.296 e. The molecule has 0 saturated heterocycles. The number of carbonyl (C=O) groups excluding carboxylic acids is 1. The minimum absolute atomic E-state index is 0.395. The van der Waals surface area contributed by atoms with Crippen LogP contribution in [0.1, 0.15) is 10.5 Å². The first-order valence-corrected chi connectivity index (χ1v) is 4.29. The van der Waals surface area contributed by atoms with Gasteiger partial charge in [0.05, 0.1) is 23.1 Å². The van der Waals surface area contributed by atoms with Crippen LogP contribution in [0.2, 0.25) is 5.02 Å². The van der Waals surface area contributed by atoms with Crippen LogP contribution in [0.5, 0.6) is 0 Å². The molecule has 0 amide bonds. The largest absolute Gasteiger partial charge is 0.296 e. The SMILES string of the molecule is O=Cc1ccc(-n2cc(Cl)cn2)cn1. The van der Waals surface area contributed by atoms with Crippen molar-refractivity contribution in [2.45, 2.75) is 0 Å². The van der Waals surface area contributed by atoms with E-state index in [4.69, 9.17) is 11.6 Å². The van der Waals surface area contributed by atoms with Gasteiger partial charge in [0.2, 0.25) is 0 Å². The van der Waals surface area contributed by atoms with Crippen molar-refractivity contribution in [1.29, 1.82) is 0 Å². The number of halogens is 1. The smallest absolute Gasteiger partial charge is 0.168 e. The second-order valence-electron chi connectivity index (χ2n) is 2.66. The summed E-state index contributed by atoms with van der Waals surface area (Å²) in [5.41, 5.74) is 1.16. The van der Waals surface area contributed by atoms with Gasteiger partial charge in [0.25, 0.3) is 0 Å².